The van der Waals surface area contributed by atoms with Gasteiger partial charge in [-0.2, -0.15) is 5.10 Å². The number of hydrogen-bond donors (Lipinski definition) is 2. The molecule has 0 amide bonds. The third kappa shape index (κ3) is 5.66. The highest BCUT2D eigenvalue weighted by Crippen LogP contribution is 2.13. The second-order valence-corrected chi connectivity index (χ2v) is 6.11. The van der Waals surface area contributed by atoms with Crippen LogP contribution < -0.4 is 15.6 Å². The fourth-order valence-corrected chi connectivity index (χ4v) is 2.41. The molecule has 0 aliphatic rings. The molecule has 2 rings (SSSR count). The van der Waals surface area contributed by atoms with Gasteiger partial charge in [-0.3, -0.25) is 5.43 Å². The number of benzene rings is 2. The molecule has 126 valence electrons. The summed E-state index contributed by atoms with van der Waals surface area (Å²) in [7, 11) is 2.10. The Balaban J connectivity index is 1.84. The smallest absolute Gasteiger partial charge is 0.191 e. The minimum Gasteiger partial charge on any atom is -0.375 e. The van der Waals surface area contributed by atoms with Gasteiger partial charge in [-0.25, -0.2) is 0 Å². The first-order valence-corrected chi connectivity index (χ1v) is 8.47. The van der Waals surface area contributed by atoms with E-state index in [1.807, 2.05) is 36.4 Å². The lowest BCUT2D eigenvalue weighted by Gasteiger charge is -2.18. The maximum atomic E-state index is 5.23. The van der Waals surface area contributed by atoms with Gasteiger partial charge in [0.05, 0.1) is 6.21 Å². The second-order valence-electron chi connectivity index (χ2n) is 5.70. The summed E-state index contributed by atoms with van der Waals surface area (Å²) in [6.07, 6.45) is 2.89. The summed E-state index contributed by atoms with van der Waals surface area (Å²) in [6, 6.07) is 16.3. The summed E-state index contributed by atoms with van der Waals surface area (Å²) in [5.41, 5.74) is 7.22. The van der Waals surface area contributed by atoms with Crippen LogP contribution in [0.2, 0.25) is 0 Å². The molecule has 0 aliphatic carbocycles. The summed E-state index contributed by atoms with van der Waals surface area (Å²) in [5, 5.41) is 7.73. The van der Waals surface area contributed by atoms with E-state index in [-0.39, 0.29) is 0 Å². The zero-order valence-electron chi connectivity index (χ0n) is 14.4. The highest BCUT2D eigenvalue weighted by atomic mass is 32.1. The molecule has 0 radical (unpaired) electrons. The first-order chi connectivity index (χ1) is 11.6. The summed E-state index contributed by atoms with van der Waals surface area (Å²) >= 11 is 5.23. The van der Waals surface area contributed by atoms with Crippen molar-refractivity contribution in [2.45, 2.75) is 20.3 Å². The van der Waals surface area contributed by atoms with Crippen LogP contribution in [0.1, 0.15) is 24.5 Å². The first-order valence-electron chi connectivity index (χ1n) is 8.06. The molecule has 5 heteroatoms. The molecule has 0 bridgehead atoms. The number of nitrogens with zero attached hydrogens (tertiary/aromatic N) is 2. The SMILES string of the molecule is CCCN(C)c1ccc(C=NNC(=S)Nc2ccc(C)cc2)cc1. The van der Waals surface area contributed by atoms with Crippen LogP contribution in [0.5, 0.6) is 0 Å². The number of thiocarbonyl (C=S) groups is 1. The van der Waals surface area contributed by atoms with Gasteiger partial charge in [0, 0.05) is 25.0 Å². The highest BCUT2D eigenvalue weighted by molar-refractivity contribution is 7.80. The Morgan fingerprint density at radius 1 is 1.12 bits per heavy atom. The van der Waals surface area contributed by atoms with E-state index in [9.17, 15) is 0 Å². The third-order valence-electron chi connectivity index (χ3n) is 3.58. The Kier molecular flexibility index (Phi) is 6.75. The molecule has 0 aromatic heterocycles. The zero-order chi connectivity index (χ0) is 17.4. The summed E-state index contributed by atoms with van der Waals surface area (Å²) in [6.45, 7) is 5.28. The molecule has 0 atom stereocenters. The fraction of sp³-hybridized carbons (Fsp3) is 0.263. The van der Waals surface area contributed by atoms with Crippen LogP contribution in [0, 0.1) is 6.92 Å². The minimum absolute atomic E-state index is 0.467. The van der Waals surface area contributed by atoms with Crippen molar-refractivity contribution in [2.75, 3.05) is 23.8 Å². The van der Waals surface area contributed by atoms with Gasteiger partial charge in [0.1, 0.15) is 0 Å². The average molecular weight is 340 g/mol. The van der Waals surface area contributed by atoms with Crippen LogP contribution in [0.25, 0.3) is 0 Å². The Bertz CT molecular complexity index is 678. The van der Waals surface area contributed by atoms with Crippen molar-refractivity contribution in [1.82, 2.24) is 5.43 Å². The Labute approximate surface area is 149 Å². The molecule has 0 spiro atoms. The van der Waals surface area contributed by atoms with E-state index in [0.29, 0.717) is 5.11 Å². The molecule has 0 unspecified atom stereocenters. The van der Waals surface area contributed by atoms with Gasteiger partial charge >= 0.3 is 0 Å². The predicted molar refractivity (Wildman–Crippen MR) is 108 cm³/mol. The molecule has 2 N–H and O–H groups in total. The lowest BCUT2D eigenvalue weighted by molar-refractivity contribution is 0.852. The summed E-state index contributed by atoms with van der Waals surface area (Å²) < 4.78 is 0. The molecule has 0 heterocycles. The van der Waals surface area contributed by atoms with Gasteiger partial charge in [-0.15, -0.1) is 0 Å². The van der Waals surface area contributed by atoms with E-state index < -0.39 is 0 Å². The Hall–Kier alpha value is -2.40. The van der Waals surface area contributed by atoms with Crippen LogP contribution in [0.4, 0.5) is 11.4 Å². The van der Waals surface area contributed by atoms with Crippen LogP contribution in [0.3, 0.4) is 0 Å². The largest absolute Gasteiger partial charge is 0.375 e. The molecule has 0 fully saturated rings. The van der Waals surface area contributed by atoms with E-state index in [1.54, 1.807) is 6.21 Å². The molecule has 24 heavy (non-hydrogen) atoms. The molecule has 2 aromatic carbocycles. The third-order valence-corrected chi connectivity index (χ3v) is 3.78. The molecule has 0 saturated heterocycles. The summed E-state index contributed by atoms with van der Waals surface area (Å²) in [5.74, 6) is 0. The van der Waals surface area contributed by atoms with Crippen molar-refractivity contribution in [3.05, 3.63) is 59.7 Å². The van der Waals surface area contributed by atoms with E-state index in [0.717, 1.165) is 24.2 Å². The second kappa shape index (κ2) is 9.03. The van der Waals surface area contributed by atoms with Crippen molar-refractivity contribution in [3.63, 3.8) is 0 Å². The highest BCUT2D eigenvalue weighted by Gasteiger charge is 1.99. The van der Waals surface area contributed by atoms with E-state index in [4.69, 9.17) is 12.2 Å². The maximum Gasteiger partial charge on any atom is 0.191 e. The number of hydrazone groups is 1. The summed E-state index contributed by atoms with van der Waals surface area (Å²) in [4.78, 5) is 2.24. The lowest BCUT2D eigenvalue weighted by Crippen LogP contribution is -2.23. The quantitative estimate of drug-likeness (QED) is 0.470. The normalized spacial score (nSPS) is 10.6. The van der Waals surface area contributed by atoms with Crippen LogP contribution in [-0.4, -0.2) is 24.9 Å². The number of aryl methyl sites for hydroxylation is 1. The van der Waals surface area contributed by atoms with Crippen molar-refractivity contribution in [3.8, 4) is 0 Å². The van der Waals surface area contributed by atoms with Crippen LogP contribution in [-0.2, 0) is 0 Å². The number of anilines is 2. The Morgan fingerprint density at radius 3 is 2.42 bits per heavy atom. The zero-order valence-corrected chi connectivity index (χ0v) is 15.2. The van der Waals surface area contributed by atoms with E-state index >= 15 is 0 Å². The van der Waals surface area contributed by atoms with Crippen LogP contribution >= 0.6 is 12.2 Å². The van der Waals surface area contributed by atoms with Crippen LogP contribution in [0.15, 0.2) is 53.6 Å². The van der Waals surface area contributed by atoms with Gasteiger partial charge in [0.15, 0.2) is 5.11 Å². The van der Waals surface area contributed by atoms with Gasteiger partial charge < -0.3 is 10.2 Å². The topological polar surface area (TPSA) is 39.7 Å². The fourth-order valence-electron chi connectivity index (χ4n) is 2.24. The molecule has 4 nitrogen and oxygen atoms in total. The lowest BCUT2D eigenvalue weighted by atomic mass is 10.2. The first kappa shape index (κ1) is 17.9. The van der Waals surface area contributed by atoms with E-state index in [2.05, 4.69) is 53.8 Å². The van der Waals surface area contributed by atoms with Crippen molar-refractivity contribution in [1.29, 1.82) is 0 Å². The predicted octanol–water partition coefficient (Wildman–Crippen LogP) is 4.16. The molecule has 0 aliphatic heterocycles. The van der Waals surface area contributed by atoms with Crippen molar-refractivity contribution < 1.29 is 0 Å². The van der Waals surface area contributed by atoms with Gasteiger partial charge in [0.2, 0.25) is 0 Å². The van der Waals surface area contributed by atoms with Crippen molar-refractivity contribution >= 4 is 34.9 Å². The van der Waals surface area contributed by atoms with Gasteiger partial charge in [-0.1, -0.05) is 36.8 Å². The molecule has 0 saturated carbocycles. The van der Waals surface area contributed by atoms with Gasteiger partial charge in [-0.05, 0) is 55.4 Å². The number of rotatable bonds is 6. The molecular formula is C19H24N4S. The van der Waals surface area contributed by atoms with Gasteiger partial charge in [0.25, 0.3) is 0 Å². The minimum atomic E-state index is 0.467. The standard InChI is InChI=1S/C19H24N4S/c1-4-13-23(3)18-11-7-16(8-12-18)14-20-22-19(24)21-17-9-5-15(2)6-10-17/h5-12,14H,4,13H2,1-3H3,(H2,21,22,24). The maximum absolute atomic E-state index is 5.23. The van der Waals surface area contributed by atoms with E-state index in [1.165, 1.54) is 11.3 Å². The molecular weight excluding hydrogens is 316 g/mol. The van der Waals surface area contributed by atoms with Crippen molar-refractivity contribution in [2.24, 2.45) is 5.10 Å². The molecule has 2 aromatic rings. The monoisotopic (exact) mass is 340 g/mol. The Morgan fingerprint density at radius 2 is 1.79 bits per heavy atom. The average Bonchev–Trinajstić information content (AvgIpc) is 2.58. The number of hydrogen-bond acceptors (Lipinski definition) is 3. The number of nitrogens with one attached hydrogen (secondary N) is 2.